The molecule has 0 atom stereocenters. The number of ether oxygens (including phenoxy) is 2. The Morgan fingerprint density at radius 3 is 1.50 bits per heavy atom. The molecule has 0 N–H and O–H groups in total. The van der Waals surface area contributed by atoms with Gasteiger partial charge in [-0.2, -0.15) is 0 Å². The highest BCUT2D eigenvalue weighted by atomic mass is 32.1. The summed E-state index contributed by atoms with van der Waals surface area (Å²) in [5.41, 5.74) is 2.31. The Labute approximate surface area is 135 Å². The van der Waals surface area contributed by atoms with Gasteiger partial charge in [0.1, 0.15) is 17.2 Å². The van der Waals surface area contributed by atoms with Crippen molar-refractivity contribution in [2.75, 3.05) is 7.11 Å². The molecule has 22 heavy (non-hydrogen) atoms. The van der Waals surface area contributed by atoms with E-state index in [4.69, 9.17) is 9.47 Å². The summed E-state index contributed by atoms with van der Waals surface area (Å²) in [5, 5.41) is 0. The molecule has 110 valence electrons. The van der Waals surface area contributed by atoms with Gasteiger partial charge in [0.25, 0.3) is 0 Å². The standard InChI is InChI=1S/C19H16O2S/c1-20-16-8-10-18(11-9-16)21-17-6-2-14(3-7-17)15-4-12-19(22)13-5-15/h2-13,22H,1H3. The lowest BCUT2D eigenvalue weighted by Gasteiger charge is -2.08. The molecule has 0 aliphatic rings. The Bertz CT molecular complexity index is 732. The summed E-state index contributed by atoms with van der Waals surface area (Å²) < 4.78 is 11.0. The van der Waals surface area contributed by atoms with Gasteiger partial charge in [-0.25, -0.2) is 0 Å². The van der Waals surface area contributed by atoms with Crippen molar-refractivity contribution >= 4 is 12.6 Å². The molecule has 0 saturated carbocycles. The molecule has 0 amide bonds. The Balaban J connectivity index is 1.74. The fourth-order valence-corrected chi connectivity index (χ4v) is 2.30. The molecule has 0 aromatic heterocycles. The van der Waals surface area contributed by atoms with Crippen molar-refractivity contribution in [1.29, 1.82) is 0 Å². The van der Waals surface area contributed by atoms with Gasteiger partial charge in [-0.15, -0.1) is 12.6 Å². The van der Waals surface area contributed by atoms with E-state index < -0.39 is 0 Å². The lowest BCUT2D eigenvalue weighted by atomic mass is 10.1. The Morgan fingerprint density at radius 1 is 0.591 bits per heavy atom. The summed E-state index contributed by atoms with van der Waals surface area (Å²) in [6.07, 6.45) is 0. The van der Waals surface area contributed by atoms with E-state index in [2.05, 4.69) is 24.8 Å². The fraction of sp³-hybridized carbons (Fsp3) is 0.0526. The minimum Gasteiger partial charge on any atom is -0.497 e. The van der Waals surface area contributed by atoms with Crippen LogP contribution < -0.4 is 9.47 Å². The molecule has 0 heterocycles. The van der Waals surface area contributed by atoms with Gasteiger partial charge in [-0.3, -0.25) is 0 Å². The summed E-state index contributed by atoms with van der Waals surface area (Å²) in [7, 11) is 1.65. The average molecular weight is 308 g/mol. The molecular formula is C19H16O2S. The van der Waals surface area contributed by atoms with Crippen LogP contribution >= 0.6 is 12.6 Å². The van der Waals surface area contributed by atoms with Gasteiger partial charge in [0.05, 0.1) is 7.11 Å². The Kier molecular flexibility index (Phi) is 4.35. The van der Waals surface area contributed by atoms with Crippen LogP contribution in [0.4, 0.5) is 0 Å². The average Bonchev–Trinajstić information content (AvgIpc) is 2.57. The zero-order valence-electron chi connectivity index (χ0n) is 12.2. The first-order chi connectivity index (χ1) is 10.7. The topological polar surface area (TPSA) is 18.5 Å². The number of hydrogen-bond acceptors (Lipinski definition) is 3. The van der Waals surface area contributed by atoms with Crippen molar-refractivity contribution < 1.29 is 9.47 Å². The molecule has 3 aromatic rings. The second kappa shape index (κ2) is 6.58. The van der Waals surface area contributed by atoms with Crippen LogP contribution in [-0.4, -0.2) is 7.11 Å². The molecule has 3 rings (SSSR count). The van der Waals surface area contributed by atoms with Gasteiger partial charge in [0.2, 0.25) is 0 Å². The van der Waals surface area contributed by atoms with Crippen LogP contribution in [0.5, 0.6) is 17.2 Å². The van der Waals surface area contributed by atoms with E-state index in [0.29, 0.717) is 0 Å². The second-order valence-corrected chi connectivity index (χ2v) is 5.37. The van der Waals surface area contributed by atoms with Crippen LogP contribution in [0.3, 0.4) is 0 Å². The highest BCUT2D eigenvalue weighted by Gasteiger charge is 2.01. The van der Waals surface area contributed by atoms with Crippen molar-refractivity contribution in [3.8, 4) is 28.4 Å². The van der Waals surface area contributed by atoms with Gasteiger partial charge < -0.3 is 9.47 Å². The molecule has 0 spiro atoms. The van der Waals surface area contributed by atoms with Gasteiger partial charge in [-0.1, -0.05) is 24.3 Å². The summed E-state index contributed by atoms with van der Waals surface area (Å²) in [5.74, 6) is 2.41. The van der Waals surface area contributed by atoms with Crippen LogP contribution in [0.1, 0.15) is 0 Å². The summed E-state index contributed by atoms with van der Waals surface area (Å²) in [6, 6.07) is 23.6. The Hall–Kier alpha value is -2.39. The van der Waals surface area contributed by atoms with Gasteiger partial charge in [0, 0.05) is 4.90 Å². The smallest absolute Gasteiger partial charge is 0.127 e. The maximum atomic E-state index is 5.82. The largest absolute Gasteiger partial charge is 0.497 e. The molecule has 0 saturated heterocycles. The molecule has 3 heteroatoms. The van der Waals surface area contributed by atoms with Crippen molar-refractivity contribution in [1.82, 2.24) is 0 Å². The van der Waals surface area contributed by atoms with Crippen LogP contribution in [0.25, 0.3) is 11.1 Å². The fourth-order valence-electron chi connectivity index (χ4n) is 2.15. The molecule has 0 bridgehead atoms. The minimum absolute atomic E-state index is 0.785. The highest BCUT2D eigenvalue weighted by molar-refractivity contribution is 7.80. The van der Waals surface area contributed by atoms with E-state index in [-0.39, 0.29) is 0 Å². The number of hydrogen-bond donors (Lipinski definition) is 1. The first-order valence-electron chi connectivity index (χ1n) is 6.96. The lowest BCUT2D eigenvalue weighted by Crippen LogP contribution is -1.86. The van der Waals surface area contributed by atoms with Crippen LogP contribution in [0.2, 0.25) is 0 Å². The first kappa shape index (κ1) is 14.5. The SMILES string of the molecule is COc1ccc(Oc2ccc(-c3ccc(S)cc3)cc2)cc1. The van der Waals surface area contributed by atoms with Crippen molar-refractivity contribution in [3.05, 3.63) is 72.8 Å². The van der Waals surface area contributed by atoms with Gasteiger partial charge >= 0.3 is 0 Å². The predicted octanol–water partition coefficient (Wildman–Crippen LogP) is 5.44. The molecular weight excluding hydrogens is 292 g/mol. The third-order valence-electron chi connectivity index (χ3n) is 3.35. The Morgan fingerprint density at radius 2 is 1.00 bits per heavy atom. The summed E-state index contributed by atoms with van der Waals surface area (Å²) >= 11 is 4.30. The molecule has 0 radical (unpaired) electrons. The summed E-state index contributed by atoms with van der Waals surface area (Å²) in [4.78, 5) is 0.961. The molecule has 0 aliphatic heterocycles. The second-order valence-electron chi connectivity index (χ2n) is 4.85. The third-order valence-corrected chi connectivity index (χ3v) is 3.65. The van der Waals surface area contributed by atoms with E-state index in [1.54, 1.807) is 7.11 Å². The van der Waals surface area contributed by atoms with Gasteiger partial charge in [0.15, 0.2) is 0 Å². The number of methoxy groups -OCH3 is 1. The van der Waals surface area contributed by atoms with E-state index in [1.807, 2.05) is 60.7 Å². The minimum atomic E-state index is 0.785. The predicted molar refractivity (Wildman–Crippen MR) is 92.2 cm³/mol. The molecule has 2 nitrogen and oxygen atoms in total. The van der Waals surface area contributed by atoms with Gasteiger partial charge in [-0.05, 0) is 59.7 Å². The zero-order chi connectivity index (χ0) is 15.4. The number of benzene rings is 3. The van der Waals surface area contributed by atoms with Crippen molar-refractivity contribution in [2.24, 2.45) is 0 Å². The number of thiol groups is 1. The van der Waals surface area contributed by atoms with E-state index in [0.717, 1.165) is 33.3 Å². The monoisotopic (exact) mass is 308 g/mol. The van der Waals surface area contributed by atoms with Crippen LogP contribution in [-0.2, 0) is 0 Å². The zero-order valence-corrected chi connectivity index (χ0v) is 13.1. The molecule has 0 aliphatic carbocycles. The number of rotatable bonds is 4. The van der Waals surface area contributed by atoms with E-state index in [1.165, 1.54) is 0 Å². The first-order valence-corrected chi connectivity index (χ1v) is 7.41. The highest BCUT2D eigenvalue weighted by Crippen LogP contribution is 2.27. The maximum Gasteiger partial charge on any atom is 0.127 e. The normalized spacial score (nSPS) is 10.3. The van der Waals surface area contributed by atoms with Crippen LogP contribution in [0.15, 0.2) is 77.7 Å². The lowest BCUT2D eigenvalue weighted by molar-refractivity contribution is 0.413. The van der Waals surface area contributed by atoms with Crippen LogP contribution in [0, 0.1) is 0 Å². The quantitative estimate of drug-likeness (QED) is 0.647. The molecule has 3 aromatic carbocycles. The van der Waals surface area contributed by atoms with Crippen molar-refractivity contribution in [3.63, 3.8) is 0 Å². The molecule has 0 unspecified atom stereocenters. The third kappa shape index (κ3) is 3.43. The molecule has 0 fully saturated rings. The maximum absolute atomic E-state index is 5.82. The van der Waals surface area contributed by atoms with E-state index in [9.17, 15) is 0 Å². The summed E-state index contributed by atoms with van der Waals surface area (Å²) in [6.45, 7) is 0. The van der Waals surface area contributed by atoms with Crippen molar-refractivity contribution in [2.45, 2.75) is 4.90 Å². The van der Waals surface area contributed by atoms with E-state index >= 15 is 0 Å².